The zero-order valence-electron chi connectivity index (χ0n) is 8.25. The van der Waals surface area contributed by atoms with Gasteiger partial charge in [0.1, 0.15) is 5.82 Å². The fourth-order valence-corrected chi connectivity index (χ4v) is 1.52. The smallest absolute Gasteiger partial charge is 0.146 e. The second kappa shape index (κ2) is 4.12. The third kappa shape index (κ3) is 2.11. The van der Waals surface area contributed by atoms with E-state index in [9.17, 15) is 0 Å². The molecule has 0 aliphatic rings. The molecular weight excluding hydrogens is 162 g/mol. The zero-order chi connectivity index (χ0) is 9.84. The van der Waals surface area contributed by atoms with Crippen LogP contribution in [-0.4, -0.2) is 4.98 Å². The quantitative estimate of drug-likeness (QED) is 0.747. The van der Waals surface area contributed by atoms with Gasteiger partial charge in [-0.15, -0.1) is 0 Å². The van der Waals surface area contributed by atoms with Gasteiger partial charge in [0.25, 0.3) is 0 Å². The first kappa shape index (κ1) is 9.84. The molecule has 4 N–H and O–H groups in total. The molecule has 3 nitrogen and oxygen atoms in total. The summed E-state index contributed by atoms with van der Waals surface area (Å²) in [4.78, 5) is 3.93. The molecule has 3 heteroatoms. The number of pyridine rings is 1. The molecule has 1 heterocycles. The Balaban J connectivity index is 2.93. The van der Waals surface area contributed by atoms with Crippen molar-refractivity contribution in [1.29, 1.82) is 0 Å². The molecule has 0 aliphatic heterocycles. The Labute approximate surface area is 79.2 Å². The summed E-state index contributed by atoms with van der Waals surface area (Å²) in [6, 6.07) is 1.95. The zero-order valence-corrected chi connectivity index (χ0v) is 8.25. The maximum absolute atomic E-state index is 5.83. The van der Waals surface area contributed by atoms with Crippen LogP contribution >= 0.6 is 0 Å². The van der Waals surface area contributed by atoms with Crippen molar-refractivity contribution in [2.24, 2.45) is 0 Å². The summed E-state index contributed by atoms with van der Waals surface area (Å²) in [6.07, 6.45) is 4.00. The van der Waals surface area contributed by atoms with Gasteiger partial charge < -0.3 is 11.5 Å². The van der Waals surface area contributed by atoms with Gasteiger partial charge in [0.2, 0.25) is 0 Å². The largest absolute Gasteiger partial charge is 0.396 e. The standard InChI is InChI=1S/C10H17N3/c1-3-4-7(2)8-5-6-13-10(12)9(8)11/h5-7H,3-4,11H2,1-2H3,(H2,12,13). The number of hydrogen-bond donors (Lipinski definition) is 2. The van der Waals surface area contributed by atoms with Gasteiger partial charge in [-0.25, -0.2) is 4.98 Å². The van der Waals surface area contributed by atoms with Crippen LogP contribution < -0.4 is 11.5 Å². The van der Waals surface area contributed by atoms with Crippen molar-refractivity contribution in [2.75, 3.05) is 11.5 Å². The Bertz CT molecular complexity index is 283. The molecule has 1 aromatic heterocycles. The van der Waals surface area contributed by atoms with Crippen molar-refractivity contribution in [3.05, 3.63) is 17.8 Å². The van der Waals surface area contributed by atoms with Crippen LogP contribution in [0.2, 0.25) is 0 Å². The Hall–Kier alpha value is -1.25. The van der Waals surface area contributed by atoms with Crippen LogP contribution in [0.4, 0.5) is 11.5 Å². The van der Waals surface area contributed by atoms with Crippen LogP contribution in [-0.2, 0) is 0 Å². The van der Waals surface area contributed by atoms with E-state index in [0.717, 1.165) is 18.4 Å². The molecule has 1 unspecified atom stereocenters. The lowest BCUT2D eigenvalue weighted by Crippen LogP contribution is -2.04. The second-order valence-corrected chi connectivity index (χ2v) is 3.39. The molecule has 0 saturated heterocycles. The highest BCUT2D eigenvalue weighted by Crippen LogP contribution is 2.27. The second-order valence-electron chi connectivity index (χ2n) is 3.39. The van der Waals surface area contributed by atoms with Crippen molar-refractivity contribution in [3.63, 3.8) is 0 Å². The Morgan fingerprint density at radius 1 is 1.46 bits per heavy atom. The Morgan fingerprint density at radius 2 is 2.15 bits per heavy atom. The summed E-state index contributed by atoms with van der Waals surface area (Å²) in [5.74, 6) is 0.913. The van der Waals surface area contributed by atoms with Crippen LogP contribution in [0.15, 0.2) is 12.3 Å². The third-order valence-electron chi connectivity index (χ3n) is 2.31. The number of aromatic nitrogens is 1. The summed E-state index contributed by atoms with van der Waals surface area (Å²) in [6.45, 7) is 4.33. The molecule has 72 valence electrons. The van der Waals surface area contributed by atoms with Crippen LogP contribution in [0.3, 0.4) is 0 Å². The lowest BCUT2D eigenvalue weighted by atomic mass is 9.96. The minimum Gasteiger partial charge on any atom is -0.396 e. The average molecular weight is 179 g/mol. The molecule has 0 spiro atoms. The Kier molecular flexibility index (Phi) is 3.12. The molecule has 1 aromatic rings. The normalized spacial score (nSPS) is 12.8. The van der Waals surface area contributed by atoms with Gasteiger partial charge in [0.15, 0.2) is 0 Å². The minimum absolute atomic E-state index is 0.445. The number of rotatable bonds is 3. The highest BCUT2D eigenvalue weighted by Gasteiger charge is 2.09. The van der Waals surface area contributed by atoms with Gasteiger partial charge >= 0.3 is 0 Å². The van der Waals surface area contributed by atoms with Crippen molar-refractivity contribution < 1.29 is 0 Å². The first-order valence-corrected chi connectivity index (χ1v) is 4.66. The van der Waals surface area contributed by atoms with E-state index in [4.69, 9.17) is 11.5 Å². The SMILES string of the molecule is CCCC(C)c1ccnc(N)c1N. The first-order chi connectivity index (χ1) is 6.16. The molecule has 1 rings (SSSR count). The van der Waals surface area contributed by atoms with E-state index in [1.54, 1.807) is 6.20 Å². The first-order valence-electron chi connectivity index (χ1n) is 4.66. The van der Waals surface area contributed by atoms with Crippen LogP contribution in [0.25, 0.3) is 0 Å². The summed E-state index contributed by atoms with van der Waals surface area (Å²) in [5, 5.41) is 0. The van der Waals surface area contributed by atoms with Gasteiger partial charge in [-0.2, -0.15) is 0 Å². The molecule has 13 heavy (non-hydrogen) atoms. The molecule has 0 saturated carbocycles. The van der Waals surface area contributed by atoms with Crippen LogP contribution in [0.5, 0.6) is 0 Å². The number of nitrogens with two attached hydrogens (primary N) is 2. The van der Waals surface area contributed by atoms with E-state index in [-0.39, 0.29) is 0 Å². The highest BCUT2D eigenvalue weighted by molar-refractivity contribution is 5.63. The van der Waals surface area contributed by atoms with E-state index in [1.165, 1.54) is 0 Å². The number of hydrogen-bond acceptors (Lipinski definition) is 3. The number of anilines is 2. The third-order valence-corrected chi connectivity index (χ3v) is 2.31. The fraction of sp³-hybridized carbons (Fsp3) is 0.500. The Morgan fingerprint density at radius 3 is 2.77 bits per heavy atom. The molecule has 0 amide bonds. The monoisotopic (exact) mass is 179 g/mol. The molecule has 0 fully saturated rings. The predicted octanol–water partition coefficient (Wildman–Crippen LogP) is 2.15. The highest BCUT2D eigenvalue weighted by atomic mass is 14.9. The van der Waals surface area contributed by atoms with E-state index >= 15 is 0 Å². The van der Waals surface area contributed by atoms with E-state index < -0.39 is 0 Å². The van der Waals surface area contributed by atoms with E-state index in [0.29, 0.717) is 17.4 Å². The maximum Gasteiger partial charge on any atom is 0.146 e. The average Bonchev–Trinajstić information content (AvgIpc) is 2.10. The van der Waals surface area contributed by atoms with Crippen LogP contribution in [0, 0.1) is 0 Å². The van der Waals surface area contributed by atoms with E-state index in [2.05, 4.69) is 18.8 Å². The lowest BCUT2D eigenvalue weighted by molar-refractivity contribution is 0.666. The summed E-state index contributed by atoms with van der Waals surface area (Å²) < 4.78 is 0. The fourth-order valence-electron chi connectivity index (χ4n) is 1.52. The minimum atomic E-state index is 0.445. The van der Waals surface area contributed by atoms with Crippen molar-refractivity contribution in [3.8, 4) is 0 Å². The maximum atomic E-state index is 5.83. The van der Waals surface area contributed by atoms with Gasteiger partial charge in [0, 0.05) is 6.20 Å². The molecule has 0 bridgehead atoms. The molecule has 1 atom stereocenters. The van der Waals surface area contributed by atoms with E-state index in [1.807, 2.05) is 6.07 Å². The topological polar surface area (TPSA) is 64.9 Å². The molecule has 0 radical (unpaired) electrons. The summed E-state index contributed by atoms with van der Waals surface area (Å²) in [5.41, 5.74) is 13.2. The van der Waals surface area contributed by atoms with Gasteiger partial charge in [-0.3, -0.25) is 0 Å². The number of nitrogens with zero attached hydrogens (tertiary/aromatic N) is 1. The predicted molar refractivity (Wildman–Crippen MR) is 56.4 cm³/mol. The summed E-state index contributed by atoms with van der Waals surface area (Å²) in [7, 11) is 0. The molecular formula is C10H17N3. The summed E-state index contributed by atoms with van der Waals surface area (Å²) >= 11 is 0. The lowest BCUT2D eigenvalue weighted by Gasteiger charge is -2.13. The molecule has 0 aliphatic carbocycles. The van der Waals surface area contributed by atoms with Gasteiger partial charge in [-0.05, 0) is 24.0 Å². The van der Waals surface area contributed by atoms with Crippen molar-refractivity contribution >= 4 is 11.5 Å². The van der Waals surface area contributed by atoms with Crippen molar-refractivity contribution in [2.45, 2.75) is 32.6 Å². The number of nitrogen functional groups attached to an aromatic ring is 2. The van der Waals surface area contributed by atoms with Gasteiger partial charge in [0.05, 0.1) is 5.69 Å². The van der Waals surface area contributed by atoms with Crippen LogP contribution in [0.1, 0.15) is 38.2 Å². The van der Waals surface area contributed by atoms with Crippen molar-refractivity contribution in [1.82, 2.24) is 4.98 Å². The molecule has 0 aromatic carbocycles. The van der Waals surface area contributed by atoms with Gasteiger partial charge in [-0.1, -0.05) is 20.3 Å².